The van der Waals surface area contributed by atoms with Crippen LogP contribution in [0.1, 0.15) is 27.2 Å². The van der Waals surface area contributed by atoms with Crippen molar-refractivity contribution in [3.8, 4) is 11.3 Å². The Labute approximate surface area is 158 Å². The van der Waals surface area contributed by atoms with Gasteiger partial charge in [-0.05, 0) is 38.1 Å². The molecule has 27 heavy (non-hydrogen) atoms. The quantitative estimate of drug-likeness (QED) is 0.552. The lowest BCUT2D eigenvalue weighted by Crippen LogP contribution is -2.14. The minimum atomic E-state index is -4.53. The Bertz CT molecular complexity index is 991. The summed E-state index contributed by atoms with van der Waals surface area (Å²) in [5.41, 5.74) is 1.08. The van der Waals surface area contributed by atoms with Crippen LogP contribution in [0.25, 0.3) is 11.3 Å². The largest absolute Gasteiger partial charge is 0.461 e. The van der Waals surface area contributed by atoms with E-state index in [-0.39, 0.29) is 16.3 Å². The predicted octanol–water partition coefficient (Wildman–Crippen LogP) is 6.49. The zero-order valence-electron chi connectivity index (χ0n) is 14.4. The normalized spacial score (nSPS) is 11.5. The highest BCUT2D eigenvalue weighted by Crippen LogP contribution is 2.34. The van der Waals surface area contributed by atoms with E-state index in [1.54, 1.807) is 13.0 Å². The Kier molecular flexibility index (Phi) is 5.02. The smallest absolute Gasteiger partial charge is 0.416 e. The van der Waals surface area contributed by atoms with Crippen molar-refractivity contribution in [3.63, 3.8) is 0 Å². The van der Waals surface area contributed by atoms with Gasteiger partial charge >= 0.3 is 6.18 Å². The first kappa shape index (κ1) is 19.0. The number of aryl methyl sites for hydroxylation is 2. The number of rotatable bonds is 3. The topological polar surface area (TPSA) is 42.2 Å². The standard InChI is InChI=1S/C20H15ClF3NO2/c1-11-3-5-13(6-4-11)18-10-15(12(2)27-18)19(26)25-17-9-14(20(22,23)24)7-8-16(17)21/h3-10H,1-2H3,(H,25,26). The maximum Gasteiger partial charge on any atom is 0.416 e. The molecule has 0 atom stereocenters. The zero-order chi connectivity index (χ0) is 19.8. The zero-order valence-corrected chi connectivity index (χ0v) is 15.2. The fourth-order valence-corrected chi connectivity index (χ4v) is 2.72. The Morgan fingerprint density at radius 2 is 1.70 bits per heavy atom. The molecule has 3 aromatic rings. The number of benzene rings is 2. The molecular formula is C20H15ClF3NO2. The molecule has 0 spiro atoms. The van der Waals surface area contributed by atoms with Gasteiger partial charge in [-0.2, -0.15) is 13.2 Å². The molecule has 7 heteroatoms. The first-order chi connectivity index (χ1) is 12.6. The summed E-state index contributed by atoms with van der Waals surface area (Å²) in [4.78, 5) is 12.5. The summed E-state index contributed by atoms with van der Waals surface area (Å²) >= 11 is 5.93. The molecule has 0 aliphatic rings. The fraction of sp³-hybridized carbons (Fsp3) is 0.150. The monoisotopic (exact) mass is 393 g/mol. The molecule has 3 rings (SSSR count). The van der Waals surface area contributed by atoms with E-state index in [0.29, 0.717) is 11.5 Å². The molecular weight excluding hydrogens is 379 g/mol. The molecule has 0 fully saturated rings. The van der Waals surface area contributed by atoms with E-state index < -0.39 is 17.6 Å². The van der Waals surface area contributed by atoms with E-state index in [1.165, 1.54) is 0 Å². The van der Waals surface area contributed by atoms with E-state index in [4.69, 9.17) is 16.0 Å². The first-order valence-electron chi connectivity index (χ1n) is 8.01. The summed E-state index contributed by atoms with van der Waals surface area (Å²) in [6.07, 6.45) is -4.53. The molecule has 0 radical (unpaired) electrons. The first-order valence-corrected chi connectivity index (χ1v) is 8.38. The number of halogens is 4. The highest BCUT2D eigenvalue weighted by molar-refractivity contribution is 6.34. The third-order valence-corrected chi connectivity index (χ3v) is 4.37. The molecule has 0 aliphatic heterocycles. The second-order valence-corrected chi connectivity index (χ2v) is 6.50. The summed E-state index contributed by atoms with van der Waals surface area (Å²) in [7, 11) is 0. The van der Waals surface area contributed by atoms with E-state index in [9.17, 15) is 18.0 Å². The second-order valence-electron chi connectivity index (χ2n) is 6.09. The minimum absolute atomic E-state index is 0.0104. The van der Waals surface area contributed by atoms with Gasteiger partial charge < -0.3 is 9.73 Å². The van der Waals surface area contributed by atoms with Crippen LogP contribution >= 0.6 is 11.6 Å². The number of hydrogen-bond donors (Lipinski definition) is 1. The predicted molar refractivity (Wildman–Crippen MR) is 98.0 cm³/mol. The molecule has 0 saturated heterocycles. The van der Waals surface area contributed by atoms with Gasteiger partial charge in [0.25, 0.3) is 5.91 Å². The molecule has 140 valence electrons. The summed E-state index contributed by atoms with van der Waals surface area (Å²) in [6, 6.07) is 11.9. The third kappa shape index (κ3) is 4.17. The summed E-state index contributed by atoms with van der Waals surface area (Å²) < 4.78 is 44.3. The van der Waals surface area contributed by atoms with E-state index in [2.05, 4.69) is 5.32 Å². The highest BCUT2D eigenvalue weighted by Gasteiger charge is 2.31. The molecule has 1 N–H and O–H groups in total. The summed E-state index contributed by atoms with van der Waals surface area (Å²) in [5.74, 6) is 0.245. The number of anilines is 1. The van der Waals surface area contributed by atoms with Crippen molar-refractivity contribution in [2.24, 2.45) is 0 Å². The van der Waals surface area contributed by atoms with Crippen LogP contribution in [0.2, 0.25) is 5.02 Å². The number of nitrogens with one attached hydrogen (secondary N) is 1. The van der Waals surface area contributed by atoms with Crippen LogP contribution < -0.4 is 5.32 Å². The van der Waals surface area contributed by atoms with Gasteiger partial charge in [-0.1, -0.05) is 41.4 Å². The SMILES string of the molecule is Cc1ccc(-c2cc(C(=O)Nc3cc(C(F)(F)F)ccc3Cl)c(C)o2)cc1. The number of carbonyl (C=O) groups excluding carboxylic acids is 1. The average Bonchev–Trinajstić information content (AvgIpc) is 2.98. The Morgan fingerprint density at radius 3 is 2.33 bits per heavy atom. The van der Waals surface area contributed by atoms with Gasteiger partial charge in [0.05, 0.1) is 21.8 Å². The lowest BCUT2D eigenvalue weighted by Gasteiger charge is -2.11. The van der Waals surface area contributed by atoms with Gasteiger partial charge in [-0.25, -0.2) is 0 Å². The summed E-state index contributed by atoms with van der Waals surface area (Å²) in [5, 5.41) is 2.43. The van der Waals surface area contributed by atoms with Gasteiger partial charge in [-0.3, -0.25) is 4.79 Å². The van der Waals surface area contributed by atoms with Gasteiger partial charge in [0.15, 0.2) is 0 Å². The molecule has 1 amide bonds. The van der Waals surface area contributed by atoms with Gasteiger partial charge in [0.1, 0.15) is 11.5 Å². The van der Waals surface area contributed by atoms with E-state index in [1.807, 2.05) is 31.2 Å². The van der Waals surface area contributed by atoms with Gasteiger partial charge in [-0.15, -0.1) is 0 Å². The van der Waals surface area contributed by atoms with Crippen molar-refractivity contribution in [1.29, 1.82) is 0 Å². The number of hydrogen-bond acceptors (Lipinski definition) is 2. The lowest BCUT2D eigenvalue weighted by atomic mass is 10.1. The van der Waals surface area contributed by atoms with Crippen LogP contribution in [0.3, 0.4) is 0 Å². The number of alkyl halides is 3. The van der Waals surface area contributed by atoms with Crippen molar-refractivity contribution in [2.45, 2.75) is 20.0 Å². The minimum Gasteiger partial charge on any atom is -0.461 e. The molecule has 0 aliphatic carbocycles. The Balaban J connectivity index is 1.88. The van der Waals surface area contributed by atoms with Crippen LogP contribution in [0, 0.1) is 13.8 Å². The van der Waals surface area contributed by atoms with E-state index >= 15 is 0 Å². The van der Waals surface area contributed by atoms with Crippen LogP contribution in [0.4, 0.5) is 18.9 Å². The summed E-state index contributed by atoms with van der Waals surface area (Å²) in [6.45, 7) is 3.56. The molecule has 1 aromatic heterocycles. The molecule has 0 unspecified atom stereocenters. The number of carbonyl (C=O) groups is 1. The van der Waals surface area contributed by atoms with Crippen LogP contribution in [0.15, 0.2) is 52.9 Å². The van der Waals surface area contributed by atoms with Crippen molar-refractivity contribution < 1.29 is 22.4 Å². The maximum absolute atomic E-state index is 12.9. The molecule has 0 saturated carbocycles. The van der Waals surface area contributed by atoms with Crippen LogP contribution in [0.5, 0.6) is 0 Å². The molecule has 3 nitrogen and oxygen atoms in total. The number of amides is 1. The van der Waals surface area contributed by atoms with Crippen molar-refractivity contribution in [3.05, 3.63) is 76.0 Å². The van der Waals surface area contributed by atoms with Gasteiger partial charge in [0.2, 0.25) is 0 Å². The van der Waals surface area contributed by atoms with E-state index in [0.717, 1.165) is 29.3 Å². The molecule has 0 bridgehead atoms. The molecule has 2 aromatic carbocycles. The van der Waals surface area contributed by atoms with Crippen molar-refractivity contribution in [1.82, 2.24) is 0 Å². The van der Waals surface area contributed by atoms with Crippen molar-refractivity contribution in [2.75, 3.05) is 5.32 Å². The average molecular weight is 394 g/mol. The van der Waals surface area contributed by atoms with Crippen molar-refractivity contribution >= 4 is 23.2 Å². The highest BCUT2D eigenvalue weighted by atomic mass is 35.5. The fourth-order valence-electron chi connectivity index (χ4n) is 2.55. The Morgan fingerprint density at radius 1 is 1.04 bits per heavy atom. The van der Waals surface area contributed by atoms with Gasteiger partial charge in [0, 0.05) is 5.56 Å². The Hall–Kier alpha value is -2.73. The van der Waals surface area contributed by atoms with Crippen LogP contribution in [-0.2, 0) is 6.18 Å². The van der Waals surface area contributed by atoms with Crippen LogP contribution in [-0.4, -0.2) is 5.91 Å². The lowest BCUT2D eigenvalue weighted by molar-refractivity contribution is -0.137. The second kappa shape index (κ2) is 7.12. The maximum atomic E-state index is 12.9. The third-order valence-electron chi connectivity index (χ3n) is 4.04. The molecule has 1 heterocycles. The number of furan rings is 1.